The SMILES string of the molecule is Cc1oc(-c2ccc(C(=O)NC3CCCc4ccccc43)cc2)nc1COc1ccccc1. The molecule has 33 heavy (non-hydrogen) atoms. The second-order valence-electron chi connectivity index (χ2n) is 8.32. The smallest absolute Gasteiger partial charge is 0.251 e. The minimum atomic E-state index is -0.0659. The number of benzene rings is 3. The maximum atomic E-state index is 12.9. The van der Waals surface area contributed by atoms with E-state index in [1.165, 1.54) is 11.1 Å². The number of rotatable bonds is 6. The van der Waals surface area contributed by atoms with Crippen LogP contribution in [0.3, 0.4) is 0 Å². The highest BCUT2D eigenvalue weighted by Gasteiger charge is 2.22. The van der Waals surface area contributed by atoms with Gasteiger partial charge in [0.2, 0.25) is 5.89 Å². The monoisotopic (exact) mass is 438 g/mol. The van der Waals surface area contributed by atoms with Crippen LogP contribution >= 0.6 is 0 Å². The van der Waals surface area contributed by atoms with Gasteiger partial charge in [-0.3, -0.25) is 4.79 Å². The van der Waals surface area contributed by atoms with Gasteiger partial charge in [0.25, 0.3) is 5.91 Å². The van der Waals surface area contributed by atoms with E-state index in [4.69, 9.17) is 9.15 Å². The lowest BCUT2D eigenvalue weighted by atomic mass is 9.87. The summed E-state index contributed by atoms with van der Waals surface area (Å²) in [5.74, 6) is 1.97. The fraction of sp³-hybridized carbons (Fsp3) is 0.214. The lowest BCUT2D eigenvalue weighted by Crippen LogP contribution is -2.30. The summed E-state index contributed by atoms with van der Waals surface area (Å²) < 4.78 is 11.7. The number of carbonyl (C=O) groups excluding carboxylic acids is 1. The molecule has 5 nitrogen and oxygen atoms in total. The van der Waals surface area contributed by atoms with Crippen molar-refractivity contribution in [3.05, 3.63) is 107 Å². The van der Waals surface area contributed by atoms with E-state index in [2.05, 4.69) is 28.5 Å². The highest BCUT2D eigenvalue weighted by molar-refractivity contribution is 5.94. The zero-order valence-corrected chi connectivity index (χ0v) is 18.6. The molecule has 1 aromatic heterocycles. The summed E-state index contributed by atoms with van der Waals surface area (Å²) in [7, 11) is 0. The molecule has 0 bridgehead atoms. The van der Waals surface area contributed by atoms with E-state index in [1.54, 1.807) is 0 Å². The van der Waals surface area contributed by atoms with Crippen molar-refractivity contribution in [3.63, 3.8) is 0 Å². The molecule has 1 heterocycles. The molecule has 1 amide bonds. The Morgan fingerprint density at radius 1 is 1.03 bits per heavy atom. The number of aromatic nitrogens is 1. The normalized spacial score (nSPS) is 15.0. The Morgan fingerprint density at radius 2 is 1.79 bits per heavy atom. The summed E-state index contributed by atoms with van der Waals surface area (Å²) in [6, 6.07) is 25.4. The van der Waals surface area contributed by atoms with Gasteiger partial charge in [0, 0.05) is 11.1 Å². The average molecular weight is 439 g/mol. The van der Waals surface area contributed by atoms with Crippen molar-refractivity contribution >= 4 is 5.91 Å². The molecule has 0 aliphatic heterocycles. The number of aryl methyl sites for hydroxylation is 2. The maximum Gasteiger partial charge on any atom is 0.251 e. The van der Waals surface area contributed by atoms with Gasteiger partial charge >= 0.3 is 0 Å². The largest absolute Gasteiger partial charge is 0.487 e. The predicted molar refractivity (Wildman–Crippen MR) is 127 cm³/mol. The van der Waals surface area contributed by atoms with Crippen molar-refractivity contribution in [3.8, 4) is 17.2 Å². The van der Waals surface area contributed by atoms with E-state index in [9.17, 15) is 4.79 Å². The highest BCUT2D eigenvalue weighted by atomic mass is 16.5. The molecule has 166 valence electrons. The molecular formula is C28H26N2O3. The molecule has 1 unspecified atom stereocenters. The number of hydrogen-bond acceptors (Lipinski definition) is 4. The minimum absolute atomic E-state index is 0.0590. The Bertz CT molecular complexity index is 1250. The molecule has 0 radical (unpaired) electrons. The van der Waals surface area contributed by atoms with Crippen LogP contribution in [-0.4, -0.2) is 10.9 Å². The van der Waals surface area contributed by atoms with Crippen molar-refractivity contribution < 1.29 is 13.9 Å². The van der Waals surface area contributed by atoms with Gasteiger partial charge in [0.15, 0.2) is 0 Å². The second kappa shape index (κ2) is 9.33. The first-order valence-corrected chi connectivity index (χ1v) is 11.3. The van der Waals surface area contributed by atoms with Crippen molar-refractivity contribution in [2.24, 2.45) is 0 Å². The maximum absolute atomic E-state index is 12.9. The van der Waals surface area contributed by atoms with Crippen LogP contribution in [0.4, 0.5) is 0 Å². The van der Waals surface area contributed by atoms with Gasteiger partial charge < -0.3 is 14.5 Å². The molecule has 1 N–H and O–H groups in total. The third-order valence-electron chi connectivity index (χ3n) is 6.08. The molecule has 5 heteroatoms. The van der Waals surface area contributed by atoms with Gasteiger partial charge in [0.05, 0.1) is 6.04 Å². The van der Waals surface area contributed by atoms with Crippen LogP contribution in [-0.2, 0) is 13.0 Å². The van der Waals surface area contributed by atoms with Gasteiger partial charge in [-0.25, -0.2) is 4.98 Å². The number of hydrogen-bond donors (Lipinski definition) is 1. The van der Waals surface area contributed by atoms with Gasteiger partial charge in [-0.05, 0) is 73.7 Å². The predicted octanol–water partition coefficient (Wildman–Crippen LogP) is 6.04. The number of fused-ring (bicyclic) bond motifs is 1. The average Bonchev–Trinajstić information content (AvgIpc) is 3.24. The third kappa shape index (κ3) is 4.67. The molecule has 0 saturated heterocycles. The van der Waals surface area contributed by atoms with Crippen LogP contribution in [0.25, 0.3) is 11.5 Å². The van der Waals surface area contributed by atoms with Crippen molar-refractivity contribution in [1.82, 2.24) is 10.3 Å². The zero-order valence-electron chi connectivity index (χ0n) is 18.6. The van der Waals surface area contributed by atoms with Gasteiger partial charge in [-0.2, -0.15) is 0 Å². The number of nitrogens with zero attached hydrogens (tertiary/aromatic N) is 1. The lowest BCUT2D eigenvalue weighted by Gasteiger charge is -2.26. The molecule has 4 aromatic rings. The van der Waals surface area contributed by atoms with Crippen LogP contribution in [0.1, 0.15) is 51.8 Å². The van der Waals surface area contributed by atoms with Gasteiger partial charge in [-0.1, -0.05) is 42.5 Å². The first kappa shape index (κ1) is 21.0. The van der Waals surface area contributed by atoms with Gasteiger partial charge in [-0.15, -0.1) is 0 Å². The topological polar surface area (TPSA) is 64.4 Å². The number of carbonyl (C=O) groups is 1. The minimum Gasteiger partial charge on any atom is -0.487 e. The summed E-state index contributed by atoms with van der Waals surface area (Å²) in [6.07, 6.45) is 3.12. The zero-order chi connectivity index (χ0) is 22.6. The molecule has 0 saturated carbocycles. The van der Waals surface area contributed by atoms with Crippen molar-refractivity contribution in [2.75, 3.05) is 0 Å². The van der Waals surface area contributed by atoms with E-state index < -0.39 is 0 Å². The summed E-state index contributed by atoms with van der Waals surface area (Å²) in [5, 5.41) is 3.20. The fourth-order valence-electron chi connectivity index (χ4n) is 4.26. The Labute approximate surface area is 193 Å². The molecule has 0 fully saturated rings. The second-order valence-corrected chi connectivity index (χ2v) is 8.32. The molecule has 0 spiro atoms. The fourth-order valence-corrected chi connectivity index (χ4v) is 4.26. The van der Waals surface area contributed by atoms with E-state index in [0.717, 1.165) is 42.0 Å². The standard InChI is InChI=1S/C28H26N2O3/c1-19-26(18-32-23-10-3-2-4-11-23)30-28(33-19)22-16-14-21(15-17-22)27(31)29-25-13-7-9-20-8-5-6-12-24(20)25/h2-6,8,10-12,14-17,25H,7,9,13,18H2,1H3,(H,29,31). The van der Waals surface area contributed by atoms with Crippen LogP contribution in [0.2, 0.25) is 0 Å². The number of oxazole rings is 1. The molecule has 3 aromatic carbocycles. The number of nitrogens with one attached hydrogen (secondary N) is 1. The Hall–Kier alpha value is -3.86. The Morgan fingerprint density at radius 3 is 2.61 bits per heavy atom. The van der Waals surface area contributed by atoms with Crippen LogP contribution < -0.4 is 10.1 Å². The molecule has 1 aliphatic rings. The van der Waals surface area contributed by atoms with Crippen LogP contribution in [0.15, 0.2) is 83.3 Å². The quantitative estimate of drug-likeness (QED) is 0.399. The summed E-state index contributed by atoms with van der Waals surface area (Å²) >= 11 is 0. The lowest BCUT2D eigenvalue weighted by molar-refractivity contribution is 0.0932. The summed E-state index contributed by atoms with van der Waals surface area (Å²) in [5.41, 5.74) is 4.76. The van der Waals surface area contributed by atoms with E-state index in [0.29, 0.717) is 18.1 Å². The van der Waals surface area contributed by atoms with E-state index in [1.807, 2.05) is 67.6 Å². The van der Waals surface area contributed by atoms with Gasteiger partial charge in [0.1, 0.15) is 23.8 Å². The van der Waals surface area contributed by atoms with Crippen LogP contribution in [0.5, 0.6) is 5.75 Å². The molecule has 1 atom stereocenters. The Balaban J connectivity index is 1.26. The van der Waals surface area contributed by atoms with E-state index >= 15 is 0 Å². The summed E-state index contributed by atoms with van der Waals surface area (Å²) in [4.78, 5) is 17.5. The van der Waals surface area contributed by atoms with E-state index in [-0.39, 0.29) is 11.9 Å². The highest BCUT2D eigenvalue weighted by Crippen LogP contribution is 2.30. The molecule has 5 rings (SSSR count). The summed E-state index contributed by atoms with van der Waals surface area (Å²) in [6.45, 7) is 2.21. The number of amides is 1. The first-order chi connectivity index (χ1) is 16.2. The third-order valence-corrected chi connectivity index (χ3v) is 6.08. The van der Waals surface area contributed by atoms with Crippen LogP contribution in [0, 0.1) is 6.92 Å². The van der Waals surface area contributed by atoms with Crippen molar-refractivity contribution in [1.29, 1.82) is 0 Å². The number of ether oxygens (including phenoxy) is 1. The molecule has 1 aliphatic carbocycles. The number of para-hydroxylation sites is 1. The van der Waals surface area contributed by atoms with Crippen molar-refractivity contribution in [2.45, 2.75) is 38.8 Å². The Kier molecular flexibility index (Phi) is 5.94. The first-order valence-electron chi connectivity index (χ1n) is 11.3. The molecular weight excluding hydrogens is 412 g/mol.